The van der Waals surface area contributed by atoms with Crippen molar-refractivity contribution in [1.29, 1.82) is 5.26 Å². The fraction of sp³-hybridized carbons (Fsp3) is 0.548. The van der Waals surface area contributed by atoms with Gasteiger partial charge in [0, 0.05) is 25.7 Å². The number of benzene rings is 2. The number of quaternary nitrogens is 1. The van der Waals surface area contributed by atoms with Gasteiger partial charge >= 0.3 is 0 Å². The predicted molar refractivity (Wildman–Crippen MR) is 140 cm³/mol. The van der Waals surface area contributed by atoms with Gasteiger partial charge < -0.3 is 15.5 Å². The number of carbonyl (C=O) groups excluding carboxylic acids is 1. The van der Waals surface area contributed by atoms with Crippen molar-refractivity contribution in [3.8, 4) is 6.07 Å². The molecule has 4 atom stereocenters. The van der Waals surface area contributed by atoms with E-state index < -0.39 is 0 Å². The largest absolute Gasteiger partial charge is 0.345 e. The van der Waals surface area contributed by atoms with Gasteiger partial charge in [0.1, 0.15) is 5.92 Å². The van der Waals surface area contributed by atoms with Crippen LogP contribution in [0.25, 0.3) is 0 Å². The minimum Gasteiger partial charge on any atom is -0.345 e. The number of nitrogens with two attached hydrogens (primary N) is 1. The summed E-state index contributed by atoms with van der Waals surface area (Å²) in [4.78, 5) is 16.9. The van der Waals surface area contributed by atoms with Crippen LogP contribution in [0.2, 0.25) is 0 Å². The van der Waals surface area contributed by atoms with E-state index >= 15 is 0 Å². The number of hydrogen-bond acceptors (Lipinski definition) is 3. The second-order valence-electron chi connectivity index (χ2n) is 11.7. The maximum atomic E-state index is 14.5. The summed E-state index contributed by atoms with van der Waals surface area (Å²) in [5.74, 6) is 1.54. The third-order valence-corrected chi connectivity index (χ3v) is 9.80. The first kappa shape index (κ1) is 23.7. The Morgan fingerprint density at radius 2 is 1.92 bits per heavy atom. The summed E-state index contributed by atoms with van der Waals surface area (Å²) in [5, 5.41) is 15.4. The monoisotopic (exact) mass is 483 g/mol. The molecular formula is C31H39N4O+. The molecule has 0 unspecified atom stereocenters. The smallest absolute Gasteiger partial charge is 0.232 e. The van der Waals surface area contributed by atoms with Crippen LogP contribution in [0.1, 0.15) is 73.1 Å². The van der Waals surface area contributed by atoms with E-state index in [4.69, 9.17) is 0 Å². The van der Waals surface area contributed by atoms with E-state index in [1.54, 1.807) is 0 Å². The SMILES string of the molecule is N#Cc1ccc2c(c1)CNC[C@]21C[NH2+]C[C@H]1C(=O)N1CC[C@@H](c2ccccc2)C[C@H]1C1CCCCC1. The molecule has 6 rings (SSSR count). The van der Waals surface area contributed by atoms with Crippen molar-refractivity contribution >= 4 is 5.91 Å². The second-order valence-corrected chi connectivity index (χ2v) is 11.7. The van der Waals surface area contributed by atoms with Gasteiger partial charge in [-0.15, -0.1) is 0 Å². The van der Waals surface area contributed by atoms with E-state index in [2.05, 4.69) is 58.0 Å². The topological polar surface area (TPSA) is 72.7 Å². The molecule has 1 saturated carbocycles. The van der Waals surface area contributed by atoms with E-state index in [0.29, 0.717) is 29.3 Å². The van der Waals surface area contributed by atoms with E-state index in [-0.39, 0.29) is 11.3 Å². The quantitative estimate of drug-likeness (QED) is 0.702. The predicted octanol–water partition coefficient (Wildman–Crippen LogP) is 3.45. The number of likely N-dealkylation sites (tertiary alicyclic amines) is 1. The van der Waals surface area contributed by atoms with Gasteiger partial charge in [-0.05, 0) is 66.3 Å². The van der Waals surface area contributed by atoms with E-state index in [9.17, 15) is 10.1 Å². The Kier molecular flexibility index (Phi) is 6.58. The summed E-state index contributed by atoms with van der Waals surface area (Å²) in [6, 6.07) is 19.7. The number of fused-ring (bicyclic) bond motifs is 2. The highest BCUT2D eigenvalue weighted by molar-refractivity contribution is 5.82. The van der Waals surface area contributed by atoms with Crippen LogP contribution in [0.4, 0.5) is 0 Å². The molecule has 1 aliphatic carbocycles. The maximum Gasteiger partial charge on any atom is 0.232 e. The van der Waals surface area contributed by atoms with Gasteiger partial charge in [-0.3, -0.25) is 4.79 Å². The highest BCUT2D eigenvalue weighted by atomic mass is 16.2. The fourth-order valence-electron chi connectivity index (χ4n) is 7.98. The fourth-order valence-corrected chi connectivity index (χ4v) is 7.98. The number of piperidine rings is 1. The van der Waals surface area contributed by atoms with Gasteiger partial charge in [-0.25, -0.2) is 0 Å². The molecule has 0 bridgehead atoms. The molecule has 36 heavy (non-hydrogen) atoms. The Labute approximate surface area is 215 Å². The van der Waals surface area contributed by atoms with Crippen LogP contribution in [0.15, 0.2) is 48.5 Å². The summed E-state index contributed by atoms with van der Waals surface area (Å²) >= 11 is 0. The number of rotatable bonds is 3. The molecule has 2 aromatic carbocycles. The maximum absolute atomic E-state index is 14.5. The summed E-state index contributed by atoms with van der Waals surface area (Å²) in [5.41, 5.74) is 4.44. The van der Waals surface area contributed by atoms with E-state index in [1.807, 2.05) is 12.1 Å². The number of amides is 1. The Bertz CT molecular complexity index is 1140. The number of nitrogens with one attached hydrogen (secondary N) is 1. The molecule has 5 nitrogen and oxygen atoms in total. The average Bonchev–Trinajstić information content (AvgIpc) is 3.37. The van der Waals surface area contributed by atoms with Crippen molar-refractivity contribution in [3.63, 3.8) is 0 Å². The van der Waals surface area contributed by atoms with Crippen LogP contribution in [0.3, 0.4) is 0 Å². The number of hydrogen-bond donors (Lipinski definition) is 2. The minimum absolute atomic E-state index is 0.0173. The van der Waals surface area contributed by atoms with Gasteiger partial charge in [-0.1, -0.05) is 55.7 Å². The summed E-state index contributed by atoms with van der Waals surface area (Å²) < 4.78 is 0. The molecule has 188 valence electrons. The van der Waals surface area contributed by atoms with Crippen molar-refractivity contribution in [2.75, 3.05) is 26.2 Å². The molecule has 2 saturated heterocycles. The lowest BCUT2D eigenvalue weighted by Crippen LogP contribution is -2.83. The van der Waals surface area contributed by atoms with Gasteiger partial charge in [0.05, 0.1) is 30.1 Å². The van der Waals surface area contributed by atoms with Crippen molar-refractivity contribution in [2.45, 2.75) is 68.9 Å². The lowest BCUT2D eigenvalue weighted by Gasteiger charge is -2.47. The zero-order valence-corrected chi connectivity index (χ0v) is 21.3. The van der Waals surface area contributed by atoms with Crippen LogP contribution in [0.5, 0.6) is 0 Å². The first-order valence-corrected chi connectivity index (χ1v) is 14.1. The molecular weight excluding hydrogens is 444 g/mol. The van der Waals surface area contributed by atoms with Crippen LogP contribution < -0.4 is 10.6 Å². The highest BCUT2D eigenvalue weighted by Gasteiger charge is 2.55. The lowest BCUT2D eigenvalue weighted by molar-refractivity contribution is -0.640. The Hall–Kier alpha value is -2.68. The standard InChI is InChI=1S/C31H38N4O/c32-17-22-11-12-27-26(15-22)18-33-20-31(27)21-34-19-28(31)30(36)35-14-13-25(23-7-3-1-4-8-23)16-29(35)24-9-5-2-6-10-24/h1,3-4,7-8,11-12,15,24-25,28-29,33-34H,2,5-6,9-10,13-14,16,18-21H2/p+1/t25-,28+,29+,31+/m1/s1. The summed E-state index contributed by atoms with van der Waals surface area (Å²) in [6.07, 6.45) is 8.64. The molecule has 1 amide bonds. The zero-order valence-electron chi connectivity index (χ0n) is 21.3. The average molecular weight is 484 g/mol. The van der Waals surface area contributed by atoms with Crippen molar-refractivity contribution in [3.05, 3.63) is 70.8 Å². The van der Waals surface area contributed by atoms with Crippen LogP contribution in [0, 0.1) is 23.2 Å². The molecule has 3 aliphatic heterocycles. The Balaban J connectivity index is 1.30. The molecule has 3 N–H and O–H groups in total. The van der Waals surface area contributed by atoms with Gasteiger partial charge in [0.25, 0.3) is 0 Å². The van der Waals surface area contributed by atoms with Crippen LogP contribution in [-0.2, 0) is 16.8 Å². The molecule has 1 spiro atoms. The van der Waals surface area contributed by atoms with E-state index in [0.717, 1.165) is 45.6 Å². The van der Waals surface area contributed by atoms with Gasteiger partial charge in [0.15, 0.2) is 0 Å². The second kappa shape index (κ2) is 10.00. The summed E-state index contributed by atoms with van der Waals surface area (Å²) in [7, 11) is 0. The Morgan fingerprint density at radius 3 is 2.72 bits per heavy atom. The van der Waals surface area contributed by atoms with Crippen LogP contribution in [-0.4, -0.2) is 43.0 Å². The van der Waals surface area contributed by atoms with Gasteiger partial charge in [-0.2, -0.15) is 5.26 Å². The number of carbonyl (C=O) groups is 1. The lowest BCUT2D eigenvalue weighted by atomic mass is 9.67. The van der Waals surface area contributed by atoms with Crippen molar-refractivity contribution in [2.24, 2.45) is 11.8 Å². The Morgan fingerprint density at radius 1 is 1.08 bits per heavy atom. The third kappa shape index (κ3) is 4.15. The van der Waals surface area contributed by atoms with Crippen molar-refractivity contribution in [1.82, 2.24) is 10.2 Å². The molecule has 4 aliphatic rings. The molecule has 3 fully saturated rings. The number of nitriles is 1. The van der Waals surface area contributed by atoms with Crippen molar-refractivity contribution < 1.29 is 10.1 Å². The first-order chi connectivity index (χ1) is 17.7. The zero-order chi connectivity index (χ0) is 24.5. The highest BCUT2D eigenvalue weighted by Crippen LogP contribution is 2.43. The number of nitrogens with zero attached hydrogens (tertiary/aromatic N) is 2. The molecule has 2 aromatic rings. The molecule has 3 heterocycles. The van der Waals surface area contributed by atoms with Crippen LogP contribution >= 0.6 is 0 Å². The third-order valence-electron chi connectivity index (χ3n) is 9.80. The van der Waals surface area contributed by atoms with Gasteiger partial charge in [0.2, 0.25) is 5.91 Å². The normalized spacial score (nSPS) is 30.6. The molecule has 0 aromatic heterocycles. The minimum atomic E-state index is -0.188. The van der Waals surface area contributed by atoms with E-state index in [1.165, 1.54) is 48.8 Å². The first-order valence-electron chi connectivity index (χ1n) is 14.1. The summed E-state index contributed by atoms with van der Waals surface area (Å²) in [6.45, 7) is 4.29. The molecule has 5 heteroatoms. The molecule has 0 radical (unpaired) electrons.